The lowest BCUT2D eigenvalue weighted by molar-refractivity contribution is -0.277. The van der Waals surface area contributed by atoms with E-state index in [1.54, 1.807) is 11.0 Å². The summed E-state index contributed by atoms with van der Waals surface area (Å²) in [5.41, 5.74) is 4.15. The van der Waals surface area contributed by atoms with Crippen molar-refractivity contribution in [3.63, 3.8) is 0 Å². The highest BCUT2D eigenvalue weighted by Gasteiger charge is 2.45. The number of carbonyl (C=O) groups is 1. The number of aliphatic hydroxyl groups excluding tert-OH is 4. The van der Waals surface area contributed by atoms with Crippen LogP contribution in [0, 0.1) is 0 Å². The van der Waals surface area contributed by atoms with Crippen LogP contribution in [0.3, 0.4) is 0 Å². The van der Waals surface area contributed by atoms with Crippen molar-refractivity contribution in [1.29, 1.82) is 0 Å². The molecule has 0 aromatic heterocycles. The molecule has 0 saturated carbocycles. The van der Waals surface area contributed by atoms with Gasteiger partial charge in [-0.3, -0.25) is 9.69 Å². The second-order valence-corrected chi connectivity index (χ2v) is 11.7. The Labute approximate surface area is 240 Å². The van der Waals surface area contributed by atoms with E-state index in [9.17, 15) is 30.3 Å². The summed E-state index contributed by atoms with van der Waals surface area (Å²) >= 11 is 0. The average Bonchev–Trinajstić information content (AvgIpc) is 3.38. The number of hydrogen-bond donors (Lipinski definition) is 5. The molecular formula is C30H41N3O8. The summed E-state index contributed by atoms with van der Waals surface area (Å²) in [6.07, 6.45) is -7.24. The summed E-state index contributed by atoms with van der Waals surface area (Å²) in [6, 6.07) is 9.29. The third-order valence-corrected chi connectivity index (χ3v) is 8.35. The van der Waals surface area contributed by atoms with Crippen molar-refractivity contribution >= 4 is 5.91 Å². The molecule has 5 atom stereocenters. The van der Waals surface area contributed by atoms with Crippen LogP contribution in [0.25, 0.3) is 0 Å². The van der Waals surface area contributed by atoms with Gasteiger partial charge in [-0.05, 0) is 41.3 Å². The maximum atomic E-state index is 13.6. The fourth-order valence-corrected chi connectivity index (χ4v) is 5.72. The Hall–Kier alpha value is -2.77. The predicted octanol–water partition coefficient (Wildman–Crippen LogP) is 0.598. The van der Waals surface area contributed by atoms with E-state index >= 15 is 0 Å². The number of phenolic OH excluding ortho intramolecular Hbond substituents is 1. The molecule has 2 aromatic rings. The first-order valence-electron chi connectivity index (χ1n) is 14.2. The normalized spacial score (nSPS) is 27.3. The lowest BCUT2D eigenvalue weighted by atomic mass is 9.97. The van der Waals surface area contributed by atoms with Gasteiger partial charge >= 0.3 is 0 Å². The molecule has 0 aliphatic carbocycles. The van der Waals surface area contributed by atoms with E-state index in [-0.39, 0.29) is 28.9 Å². The fraction of sp³-hybridized carbons (Fsp3) is 0.567. The molecule has 0 radical (unpaired) electrons. The minimum atomic E-state index is -1.60. The number of aromatic hydroxyl groups is 1. The maximum Gasteiger partial charge on any atom is 0.258 e. The van der Waals surface area contributed by atoms with Gasteiger partial charge in [-0.1, -0.05) is 32.0 Å². The largest absolute Gasteiger partial charge is 0.507 e. The van der Waals surface area contributed by atoms with Crippen molar-refractivity contribution in [1.82, 2.24) is 14.7 Å². The Morgan fingerprint density at radius 2 is 1.71 bits per heavy atom. The molecular weight excluding hydrogens is 530 g/mol. The van der Waals surface area contributed by atoms with Crippen molar-refractivity contribution in [3.8, 4) is 11.5 Å². The van der Waals surface area contributed by atoms with Crippen molar-refractivity contribution < 1.29 is 39.8 Å². The maximum absolute atomic E-state index is 13.6. The van der Waals surface area contributed by atoms with Gasteiger partial charge in [-0.25, -0.2) is 0 Å². The lowest BCUT2D eigenvalue weighted by Gasteiger charge is -2.39. The van der Waals surface area contributed by atoms with Crippen LogP contribution in [0.5, 0.6) is 11.5 Å². The van der Waals surface area contributed by atoms with E-state index in [2.05, 4.69) is 35.0 Å². The van der Waals surface area contributed by atoms with Crippen LogP contribution >= 0.6 is 0 Å². The van der Waals surface area contributed by atoms with E-state index in [1.165, 1.54) is 11.6 Å². The Kier molecular flexibility index (Phi) is 8.86. The Morgan fingerprint density at radius 3 is 2.39 bits per heavy atom. The summed E-state index contributed by atoms with van der Waals surface area (Å²) in [5, 5.41) is 51.0. The van der Waals surface area contributed by atoms with Gasteiger partial charge in [0.05, 0.1) is 12.2 Å². The van der Waals surface area contributed by atoms with E-state index < -0.39 is 37.3 Å². The molecule has 11 nitrogen and oxygen atoms in total. The summed E-state index contributed by atoms with van der Waals surface area (Å²) in [7, 11) is 2.14. The van der Waals surface area contributed by atoms with Crippen LogP contribution in [0.4, 0.5) is 0 Å². The number of benzene rings is 2. The topological polar surface area (TPSA) is 146 Å². The number of rotatable bonds is 7. The molecule has 3 heterocycles. The SMILES string of the molecule is CC(C)c1cc(C(=O)N2Cc3ccc(CN4CCN(C)CC4)cc3C2)c(O)cc1O[C@@H]1OC(CO)[C@H](O)[C@H](O)[C@H]1O. The fourth-order valence-electron chi connectivity index (χ4n) is 5.72. The van der Waals surface area contributed by atoms with Crippen LogP contribution in [0.1, 0.15) is 52.4 Å². The molecule has 5 rings (SSSR count). The number of likely N-dealkylation sites (N-methyl/N-ethyl adjacent to an activating group) is 1. The molecule has 3 aliphatic rings. The molecule has 5 N–H and O–H groups in total. The second kappa shape index (κ2) is 12.2. The van der Waals surface area contributed by atoms with E-state index in [1.807, 2.05) is 13.8 Å². The molecule has 224 valence electrons. The molecule has 1 amide bonds. The second-order valence-electron chi connectivity index (χ2n) is 11.7. The number of amides is 1. The number of phenols is 1. The van der Waals surface area contributed by atoms with E-state index in [4.69, 9.17) is 9.47 Å². The van der Waals surface area contributed by atoms with Gasteiger partial charge in [0.1, 0.15) is 35.9 Å². The number of aliphatic hydroxyl groups is 4. The Bertz CT molecular complexity index is 1250. The van der Waals surface area contributed by atoms with Crippen LogP contribution in [0.15, 0.2) is 30.3 Å². The van der Waals surface area contributed by atoms with Crippen molar-refractivity contribution in [2.45, 2.75) is 70.1 Å². The standard InChI is InChI=1S/C30H41N3O8/c1-17(2)21-11-22(23(35)12-24(21)40-30-28(38)27(37)26(36)25(16-34)41-30)29(39)33-14-19-5-4-18(10-20(19)15-33)13-32-8-6-31(3)7-9-32/h4-5,10-12,17,25-28,30,34-38H,6-9,13-16H2,1-3H3/t25?,26-,27-,28+,30+/m0/s1. The number of nitrogens with zero attached hydrogens (tertiary/aromatic N) is 3. The molecule has 11 heteroatoms. The quantitative estimate of drug-likeness (QED) is 0.320. The minimum absolute atomic E-state index is 0.130. The summed E-state index contributed by atoms with van der Waals surface area (Å²) in [4.78, 5) is 20.1. The van der Waals surface area contributed by atoms with Crippen LogP contribution in [-0.2, 0) is 24.4 Å². The Morgan fingerprint density at radius 1 is 1.00 bits per heavy atom. The third-order valence-electron chi connectivity index (χ3n) is 8.35. The van der Waals surface area contributed by atoms with Crippen molar-refractivity contribution in [3.05, 3.63) is 58.1 Å². The number of ether oxygens (including phenoxy) is 2. The van der Waals surface area contributed by atoms with Gasteiger partial charge in [0.2, 0.25) is 6.29 Å². The van der Waals surface area contributed by atoms with Crippen molar-refractivity contribution in [2.24, 2.45) is 0 Å². The highest BCUT2D eigenvalue weighted by atomic mass is 16.7. The number of piperazine rings is 1. The molecule has 3 aliphatic heterocycles. The molecule has 0 spiro atoms. The van der Waals surface area contributed by atoms with Crippen LogP contribution in [-0.4, -0.2) is 117 Å². The van der Waals surface area contributed by atoms with Crippen molar-refractivity contribution in [2.75, 3.05) is 39.8 Å². The Balaban J connectivity index is 1.31. The van der Waals surface area contributed by atoms with Gasteiger partial charge in [-0.2, -0.15) is 0 Å². The third kappa shape index (κ3) is 6.21. The molecule has 0 bridgehead atoms. The lowest BCUT2D eigenvalue weighted by Crippen LogP contribution is -2.60. The summed E-state index contributed by atoms with van der Waals surface area (Å²) in [6.45, 7) is 9.16. The van der Waals surface area contributed by atoms with Crippen LogP contribution < -0.4 is 4.74 Å². The van der Waals surface area contributed by atoms with E-state index in [0.29, 0.717) is 18.7 Å². The molecule has 1 unspecified atom stereocenters. The number of fused-ring (bicyclic) bond motifs is 1. The van der Waals surface area contributed by atoms with Gasteiger partial charge in [0.25, 0.3) is 5.91 Å². The van der Waals surface area contributed by atoms with Gasteiger partial charge in [0, 0.05) is 51.9 Å². The highest BCUT2D eigenvalue weighted by Crippen LogP contribution is 2.37. The molecule has 2 fully saturated rings. The number of hydrogen-bond acceptors (Lipinski definition) is 10. The van der Waals surface area contributed by atoms with Crippen LogP contribution in [0.2, 0.25) is 0 Å². The molecule has 41 heavy (non-hydrogen) atoms. The van der Waals surface area contributed by atoms with E-state index in [0.717, 1.165) is 43.9 Å². The average molecular weight is 572 g/mol. The first-order chi connectivity index (χ1) is 19.5. The smallest absolute Gasteiger partial charge is 0.258 e. The summed E-state index contributed by atoms with van der Waals surface area (Å²) in [5.74, 6) is -0.558. The highest BCUT2D eigenvalue weighted by molar-refractivity contribution is 5.97. The molecule has 2 aromatic carbocycles. The summed E-state index contributed by atoms with van der Waals surface area (Å²) < 4.78 is 11.3. The zero-order chi connectivity index (χ0) is 29.4. The van der Waals surface area contributed by atoms with Gasteiger partial charge < -0.3 is 44.8 Å². The number of carbonyl (C=O) groups excluding carboxylic acids is 1. The minimum Gasteiger partial charge on any atom is -0.507 e. The zero-order valence-corrected chi connectivity index (χ0v) is 23.8. The van der Waals surface area contributed by atoms with Gasteiger partial charge in [0.15, 0.2) is 0 Å². The zero-order valence-electron chi connectivity index (χ0n) is 23.8. The first-order valence-corrected chi connectivity index (χ1v) is 14.2. The predicted molar refractivity (Wildman–Crippen MR) is 149 cm³/mol. The monoisotopic (exact) mass is 571 g/mol. The molecule has 2 saturated heterocycles. The first kappa shape index (κ1) is 29.7. The van der Waals surface area contributed by atoms with Gasteiger partial charge in [-0.15, -0.1) is 0 Å².